The number of halogens is 4. The summed E-state index contributed by atoms with van der Waals surface area (Å²) in [5.41, 5.74) is 3.18. The third-order valence-electron chi connectivity index (χ3n) is 5.75. The van der Waals surface area contributed by atoms with Crippen molar-refractivity contribution in [3.63, 3.8) is 0 Å². The molecule has 8 nitrogen and oxygen atoms in total. The second kappa shape index (κ2) is 12.8. The highest BCUT2D eigenvalue weighted by Gasteiger charge is 2.26. The van der Waals surface area contributed by atoms with E-state index in [2.05, 4.69) is 10.1 Å². The Balaban J connectivity index is 1.57. The van der Waals surface area contributed by atoms with Crippen molar-refractivity contribution < 1.29 is 23.7 Å². The molecule has 0 fully saturated rings. The molecule has 2 aromatic heterocycles. The van der Waals surface area contributed by atoms with Crippen LogP contribution in [0.5, 0.6) is 0 Å². The summed E-state index contributed by atoms with van der Waals surface area (Å²) in [6.07, 6.45) is 2.36. The van der Waals surface area contributed by atoms with E-state index in [1.54, 1.807) is 66.9 Å². The molecule has 4 rings (SSSR count). The van der Waals surface area contributed by atoms with Crippen LogP contribution in [0.2, 0.25) is 10.0 Å². The summed E-state index contributed by atoms with van der Waals surface area (Å²) in [4.78, 5) is 35.9. The quantitative estimate of drug-likeness (QED) is 0.141. The maximum atomic E-state index is 13.0. The minimum atomic E-state index is -4.14. The number of aromatic nitrogens is 2. The Hall–Kier alpha value is -2.42. The average Bonchev–Trinajstić information content (AvgIpc) is 3.36. The van der Waals surface area contributed by atoms with Crippen LogP contribution in [0.3, 0.4) is 0 Å². The fourth-order valence-electron chi connectivity index (χ4n) is 4.01. The van der Waals surface area contributed by atoms with Gasteiger partial charge in [0.25, 0.3) is 5.91 Å². The molecule has 0 aliphatic heterocycles. The second-order valence-corrected chi connectivity index (χ2v) is 12.1. The molecule has 2 aromatic carbocycles. The molecule has 2 N–H and O–H groups in total. The van der Waals surface area contributed by atoms with Gasteiger partial charge >= 0.3 is 7.60 Å². The van der Waals surface area contributed by atoms with Crippen molar-refractivity contribution in [3.05, 3.63) is 88.0 Å². The minimum Gasteiger partial charge on any atom is -0.354 e. The van der Waals surface area contributed by atoms with Crippen LogP contribution >= 0.6 is 54.0 Å². The molecule has 204 valence electrons. The molecule has 13 heteroatoms. The lowest BCUT2D eigenvalue weighted by molar-refractivity contribution is -0.117. The second-order valence-electron chi connectivity index (χ2n) is 8.58. The Morgan fingerprint density at radius 2 is 1.67 bits per heavy atom. The van der Waals surface area contributed by atoms with Crippen molar-refractivity contribution >= 4 is 65.6 Å². The van der Waals surface area contributed by atoms with E-state index in [0.717, 1.165) is 5.56 Å². The average molecular weight is 629 g/mol. The largest absolute Gasteiger partial charge is 0.354 e. The summed E-state index contributed by atoms with van der Waals surface area (Å²) in [7, 11) is -4.14. The lowest BCUT2D eigenvalue weighted by Crippen LogP contribution is -2.36. The van der Waals surface area contributed by atoms with Crippen molar-refractivity contribution in [1.29, 1.82) is 0 Å². The highest BCUT2D eigenvalue weighted by atomic mass is 35.5. The molecule has 0 radical (unpaired) electrons. The highest BCUT2D eigenvalue weighted by molar-refractivity contribution is 7.50. The smallest absolute Gasteiger partial charge is 0.329 e. The number of anilines is 1. The first-order chi connectivity index (χ1) is 18.5. The number of hydrogen-bond acceptors (Lipinski definition) is 5. The van der Waals surface area contributed by atoms with Gasteiger partial charge in [0, 0.05) is 24.4 Å². The van der Waals surface area contributed by atoms with Gasteiger partial charge < -0.3 is 19.2 Å². The molecule has 0 bridgehead atoms. The van der Waals surface area contributed by atoms with E-state index in [-0.39, 0.29) is 18.5 Å². The van der Waals surface area contributed by atoms with Crippen molar-refractivity contribution in [2.75, 3.05) is 11.4 Å². The predicted octanol–water partition coefficient (Wildman–Crippen LogP) is 7.16. The van der Waals surface area contributed by atoms with Gasteiger partial charge in [0.05, 0.1) is 21.9 Å². The summed E-state index contributed by atoms with van der Waals surface area (Å²) in [5, 5.41) is 4.92. The molecule has 0 unspecified atom stereocenters. The van der Waals surface area contributed by atoms with Crippen LogP contribution in [0.25, 0.3) is 22.7 Å². The molecule has 0 saturated carbocycles. The molecule has 0 aliphatic carbocycles. The van der Waals surface area contributed by atoms with Gasteiger partial charge in [0.15, 0.2) is 10.6 Å². The van der Waals surface area contributed by atoms with Gasteiger partial charge in [0.2, 0.25) is 0 Å². The van der Waals surface area contributed by atoms with Crippen LogP contribution < -0.4 is 4.90 Å². The van der Waals surface area contributed by atoms with Gasteiger partial charge in [-0.15, -0.1) is 0 Å². The Labute approximate surface area is 244 Å². The number of alkyl halides is 2. The van der Waals surface area contributed by atoms with E-state index in [1.807, 2.05) is 0 Å². The van der Waals surface area contributed by atoms with Crippen LogP contribution in [-0.4, -0.2) is 37.2 Å². The maximum absolute atomic E-state index is 13.0. The van der Waals surface area contributed by atoms with Crippen LogP contribution in [-0.2, 0) is 21.9 Å². The lowest BCUT2D eigenvalue weighted by atomic mass is 10.1. The molecular weight excluding hydrogens is 607 g/mol. The van der Waals surface area contributed by atoms with Crippen molar-refractivity contribution in [3.8, 4) is 22.7 Å². The molecule has 0 spiro atoms. The van der Waals surface area contributed by atoms with Crippen molar-refractivity contribution in [2.45, 2.75) is 23.8 Å². The number of nitrogens with zero attached hydrogens (tertiary/aromatic N) is 3. The van der Waals surface area contributed by atoms with Gasteiger partial charge in [-0.2, -0.15) is 0 Å². The number of hydrogen-bond donors (Lipinski definition) is 2. The standard InChI is InChI=1S/C26H22Cl4N3O5P/c27-18-5-1-6-19(28)23(18)20-14-22(38-32-20)24-21(7-2-12-31-24)33(26(34)25(29)30)13-3-4-16-8-10-17(11-9-16)15-39(35,36)37/h1-2,5-12,14,25H,3-4,13,15H2,(H2,35,36,37). The van der Waals surface area contributed by atoms with Gasteiger partial charge in [-0.25, -0.2) is 0 Å². The summed E-state index contributed by atoms with van der Waals surface area (Å²) >= 11 is 24.6. The van der Waals surface area contributed by atoms with E-state index < -0.39 is 18.3 Å². The summed E-state index contributed by atoms with van der Waals surface area (Å²) in [5.74, 6) is -0.241. The van der Waals surface area contributed by atoms with Gasteiger partial charge in [-0.05, 0) is 48.2 Å². The molecular formula is C26H22Cl4N3O5P. The van der Waals surface area contributed by atoms with Crippen LogP contribution in [0.15, 0.2) is 71.4 Å². The SMILES string of the molecule is O=C(C(Cl)Cl)N(CCCc1ccc(CP(=O)(O)O)cc1)c1cccnc1-c1cc(-c2c(Cl)cccc2Cl)no1. The summed E-state index contributed by atoms with van der Waals surface area (Å²) < 4.78 is 16.8. The number of aryl methyl sites for hydroxylation is 1. The van der Waals surface area contributed by atoms with Crippen molar-refractivity contribution in [1.82, 2.24) is 10.1 Å². The zero-order chi connectivity index (χ0) is 28.2. The van der Waals surface area contributed by atoms with Crippen LogP contribution in [0.4, 0.5) is 5.69 Å². The van der Waals surface area contributed by atoms with Crippen molar-refractivity contribution in [2.24, 2.45) is 0 Å². The van der Waals surface area contributed by atoms with E-state index >= 15 is 0 Å². The van der Waals surface area contributed by atoms with E-state index in [0.29, 0.717) is 51.1 Å². The number of pyridine rings is 1. The number of carbonyl (C=O) groups is 1. The first kappa shape index (κ1) is 29.6. The van der Waals surface area contributed by atoms with Gasteiger partial charge in [-0.1, -0.05) is 81.9 Å². The first-order valence-corrected chi connectivity index (χ1v) is 15.0. The fourth-order valence-corrected chi connectivity index (χ4v) is 5.52. The third-order valence-corrected chi connectivity index (χ3v) is 7.53. The van der Waals surface area contributed by atoms with Gasteiger partial charge in [-0.3, -0.25) is 14.3 Å². The molecule has 39 heavy (non-hydrogen) atoms. The monoisotopic (exact) mass is 627 g/mol. The Morgan fingerprint density at radius 1 is 1.00 bits per heavy atom. The van der Waals surface area contributed by atoms with Crippen LogP contribution in [0.1, 0.15) is 17.5 Å². The number of rotatable bonds is 10. The predicted molar refractivity (Wildman–Crippen MR) is 154 cm³/mol. The van der Waals surface area contributed by atoms with Crippen LogP contribution in [0, 0.1) is 0 Å². The molecule has 0 atom stereocenters. The minimum absolute atomic E-state index is 0.259. The maximum Gasteiger partial charge on any atom is 0.329 e. The molecule has 4 aromatic rings. The zero-order valence-corrected chi connectivity index (χ0v) is 24.1. The van der Waals surface area contributed by atoms with E-state index in [4.69, 9.17) is 60.7 Å². The first-order valence-electron chi connectivity index (χ1n) is 11.6. The molecule has 1 amide bonds. The summed E-state index contributed by atoms with van der Waals surface area (Å²) in [6.45, 7) is 0.259. The zero-order valence-electron chi connectivity index (χ0n) is 20.2. The van der Waals surface area contributed by atoms with E-state index in [9.17, 15) is 9.36 Å². The highest BCUT2D eigenvalue weighted by Crippen LogP contribution is 2.39. The normalized spacial score (nSPS) is 11.7. The summed E-state index contributed by atoms with van der Waals surface area (Å²) in [6, 6.07) is 17.1. The lowest BCUT2D eigenvalue weighted by Gasteiger charge is -2.24. The molecule has 0 saturated heterocycles. The Morgan fingerprint density at radius 3 is 2.31 bits per heavy atom. The number of carbonyl (C=O) groups excluding carboxylic acids is 1. The fraction of sp³-hybridized carbons (Fsp3) is 0.192. The Kier molecular flexibility index (Phi) is 9.73. The van der Waals surface area contributed by atoms with E-state index in [1.165, 1.54) is 4.90 Å². The van der Waals surface area contributed by atoms with Gasteiger partial charge in [0.1, 0.15) is 11.4 Å². The number of benzene rings is 2. The Bertz CT molecular complexity index is 1490. The topological polar surface area (TPSA) is 117 Å². The molecule has 0 aliphatic rings. The molecule has 2 heterocycles. The third kappa shape index (κ3) is 7.62. The number of amides is 1.